The molecule has 584 valence electrons. The van der Waals surface area contributed by atoms with Crippen LogP contribution in [0.1, 0.15) is 136 Å². The van der Waals surface area contributed by atoms with E-state index < -0.39 is 91.4 Å². The smallest absolute Gasteiger partial charge is 0.415 e. The highest BCUT2D eigenvalue weighted by Gasteiger charge is 2.56. The molecule has 0 bridgehead atoms. The number of amides is 3. The molecule has 5 aromatic rings. The number of cyclic esters (lactones) is 1. The van der Waals surface area contributed by atoms with Crippen LogP contribution in [-0.4, -0.2) is 204 Å². The lowest BCUT2D eigenvalue weighted by Crippen LogP contribution is -2.63. The van der Waals surface area contributed by atoms with Gasteiger partial charge in [-0.2, -0.15) is 0 Å². The van der Waals surface area contributed by atoms with Crippen LogP contribution in [0.4, 0.5) is 4.79 Å². The molecule has 11 rings (SSSR count). The fourth-order valence-corrected chi connectivity index (χ4v) is 14.7. The Kier molecular flexibility index (Phi) is 30.0. The number of carbonyl (C=O) groups is 8. The van der Waals surface area contributed by atoms with E-state index in [-0.39, 0.29) is 149 Å². The van der Waals surface area contributed by atoms with Gasteiger partial charge in [0.05, 0.1) is 65.4 Å². The number of methoxy groups -OCH3 is 1. The Bertz CT molecular complexity index is 3830. The standard InChI is InChI=1S/C46H59NO9.C35H42N2O15/c1-4-47-46(52)36(27-33(2)3)30-44(50)35(28-34-13-6-5-7-14-34)29-37(48)20-21-38(49)31-55-26-25-54-24-23-53-22-12-19-45(51)56-32-43-41-17-10-8-15-39(41)40-16-9-11-18-42(40)43;1-15(39)36-5-6-37(3)35(43)52-30-18(11-38)7-17(8-24(30)44-4)26-19-9-22-23(48-14-47-22)10-20(19)31(21-12-46-33(42)27(21)26)51-34-29(41)28(40)32-25(50-34)13-45-16(2)49-32/h5-11,13-18,33,35-36,43H,4,12,19-32H2,1-3H3,(H,47,52);7-10,16,21,25-29,31-32,34,38,40-41H,5-6,11-14H2,1-4H3,(H,36,39)/t;16?,21-,25?,26+,27-,28?,29?,31+,32?,34?/m.0/s1. The maximum atomic E-state index is 13.7. The molecule has 8 unspecified atom stereocenters. The van der Waals surface area contributed by atoms with E-state index in [0.717, 1.165) is 5.56 Å². The summed E-state index contributed by atoms with van der Waals surface area (Å²) in [6.07, 6.45) is -5.94. The molecule has 2 aliphatic carbocycles. The maximum absolute atomic E-state index is 13.7. The van der Waals surface area contributed by atoms with E-state index in [9.17, 15) is 53.7 Å². The highest BCUT2D eigenvalue weighted by Crippen LogP contribution is 2.57. The van der Waals surface area contributed by atoms with Crippen LogP contribution in [-0.2, 0) is 89.2 Å². The number of rotatable bonds is 37. The van der Waals surface area contributed by atoms with Crippen molar-refractivity contribution in [2.45, 2.75) is 148 Å². The van der Waals surface area contributed by atoms with Gasteiger partial charge in [0.15, 0.2) is 41.4 Å². The van der Waals surface area contributed by atoms with Gasteiger partial charge in [-0.15, -0.1) is 0 Å². The van der Waals surface area contributed by atoms with Gasteiger partial charge in [0.1, 0.15) is 49.2 Å². The summed E-state index contributed by atoms with van der Waals surface area (Å²) in [5.41, 5.74) is 7.69. The number of benzene rings is 5. The lowest BCUT2D eigenvalue weighted by Gasteiger charge is -2.47. The third-order valence-corrected chi connectivity index (χ3v) is 20.0. The number of aliphatic hydroxyl groups excluding tert-OH is 3. The molecule has 27 heteroatoms. The van der Waals surface area contributed by atoms with Crippen LogP contribution in [0, 0.1) is 29.6 Å². The summed E-state index contributed by atoms with van der Waals surface area (Å²) in [6, 6.07) is 32.8. The molecule has 3 saturated heterocycles. The zero-order valence-corrected chi connectivity index (χ0v) is 62.3. The number of likely N-dealkylation sites (N-methyl/N-ethyl adjacent to an activating group) is 1. The zero-order chi connectivity index (χ0) is 77.0. The molecule has 6 aliphatic rings. The van der Waals surface area contributed by atoms with Gasteiger partial charge in [-0.1, -0.05) is 92.7 Å². The first-order valence-electron chi connectivity index (χ1n) is 37.1. The van der Waals surface area contributed by atoms with Crippen LogP contribution in [0.2, 0.25) is 0 Å². The molecule has 3 amide bonds. The van der Waals surface area contributed by atoms with Gasteiger partial charge in [0.25, 0.3) is 0 Å². The first-order chi connectivity index (χ1) is 52.1. The van der Waals surface area contributed by atoms with Crippen molar-refractivity contribution in [2.24, 2.45) is 29.6 Å². The summed E-state index contributed by atoms with van der Waals surface area (Å²) in [5, 5.41) is 38.1. The summed E-state index contributed by atoms with van der Waals surface area (Å²) >= 11 is 0. The number of ether oxygens (including phenoxy) is 13. The number of nitrogens with zero attached hydrogens (tertiary/aromatic N) is 1. The van der Waals surface area contributed by atoms with Gasteiger partial charge >= 0.3 is 18.0 Å². The van der Waals surface area contributed by atoms with Crippen molar-refractivity contribution < 1.29 is 115 Å². The molecule has 5 aromatic carbocycles. The van der Waals surface area contributed by atoms with Crippen molar-refractivity contribution in [3.8, 4) is 34.1 Å². The van der Waals surface area contributed by atoms with Gasteiger partial charge in [-0.25, -0.2) is 4.79 Å². The molecule has 12 atom stereocenters. The van der Waals surface area contributed by atoms with E-state index in [0.29, 0.717) is 80.4 Å². The molecule has 4 aliphatic heterocycles. The maximum Gasteiger partial charge on any atom is 0.415 e. The summed E-state index contributed by atoms with van der Waals surface area (Å²) < 4.78 is 74.5. The van der Waals surface area contributed by atoms with Crippen molar-refractivity contribution in [1.82, 2.24) is 15.5 Å². The van der Waals surface area contributed by atoms with Crippen LogP contribution in [0.5, 0.6) is 23.0 Å². The molecule has 27 nitrogen and oxygen atoms in total. The van der Waals surface area contributed by atoms with E-state index in [1.54, 1.807) is 31.2 Å². The van der Waals surface area contributed by atoms with Gasteiger partial charge in [0.2, 0.25) is 18.6 Å². The highest BCUT2D eigenvalue weighted by molar-refractivity contribution is 5.93. The van der Waals surface area contributed by atoms with E-state index in [4.69, 9.17) is 61.6 Å². The van der Waals surface area contributed by atoms with Crippen molar-refractivity contribution in [3.63, 3.8) is 0 Å². The second-order valence-electron chi connectivity index (χ2n) is 28.2. The van der Waals surface area contributed by atoms with Crippen molar-refractivity contribution in [1.29, 1.82) is 0 Å². The molecular weight excluding hydrogens is 1400 g/mol. The second kappa shape index (κ2) is 39.6. The SMILES string of the molecule is CCNC(=O)C(CC(=O)C(CC(=O)CCC(=O)COCCOCCOCCCC(=O)OCC1c2ccccc2-c2ccccc21)Cc1ccccc1)CC(C)C.COc1cc([C@@H]2c3cc4c(cc3[C@@H](OC3OC5COC(C)OC5C(O)C3O)[C@H]3COC(=O)[C@H]23)OCO4)cc(CO)c1OC(=O)N(C)CCNC(C)=O. The van der Waals surface area contributed by atoms with Crippen LogP contribution in [0.25, 0.3) is 11.1 Å². The minimum absolute atomic E-state index is 0.0102. The first kappa shape index (κ1) is 81.8. The number of esters is 2. The minimum Gasteiger partial charge on any atom is -0.493 e. The van der Waals surface area contributed by atoms with Crippen LogP contribution >= 0.6 is 0 Å². The summed E-state index contributed by atoms with van der Waals surface area (Å²) in [7, 11) is 2.89. The number of fused-ring (bicyclic) bond motifs is 7. The monoisotopic (exact) mass is 1500 g/mol. The van der Waals surface area contributed by atoms with Crippen molar-refractivity contribution in [3.05, 3.63) is 142 Å². The fourth-order valence-electron chi connectivity index (χ4n) is 14.7. The second-order valence-corrected chi connectivity index (χ2v) is 28.2. The lowest BCUT2D eigenvalue weighted by molar-refractivity contribution is -0.364. The average molecular weight is 1500 g/mol. The van der Waals surface area contributed by atoms with E-state index >= 15 is 0 Å². The molecule has 3 fully saturated rings. The highest BCUT2D eigenvalue weighted by atomic mass is 16.8. The number of nitrogens with one attached hydrogen (secondary N) is 2. The molecule has 4 heterocycles. The number of ketones is 3. The Hall–Kier alpha value is -8.74. The Labute approximate surface area is 628 Å². The molecule has 0 radical (unpaired) electrons. The van der Waals surface area contributed by atoms with Gasteiger partial charge in [-0.3, -0.25) is 33.6 Å². The zero-order valence-electron chi connectivity index (χ0n) is 62.3. The van der Waals surface area contributed by atoms with Gasteiger partial charge in [-0.05, 0) is 108 Å². The lowest BCUT2D eigenvalue weighted by atomic mass is 9.66. The van der Waals surface area contributed by atoms with E-state index in [1.165, 1.54) is 48.2 Å². The van der Waals surface area contributed by atoms with Gasteiger partial charge in [0, 0.05) is 107 Å². The number of hydrogen-bond acceptors (Lipinski definition) is 24. The molecule has 0 spiro atoms. The van der Waals surface area contributed by atoms with E-state index in [1.807, 2.05) is 75.4 Å². The first-order valence-corrected chi connectivity index (χ1v) is 37.1. The molecule has 108 heavy (non-hydrogen) atoms. The Morgan fingerprint density at radius 3 is 2.06 bits per heavy atom. The minimum atomic E-state index is -1.49. The van der Waals surface area contributed by atoms with Crippen LogP contribution in [0.3, 0.4) is 0 Å². The van der Waals surface area contributed by atoms with Crippen LogP contribution < -0.4 is 29.6 Å². The Balaban J connectivity index is 0.000000231. The largest absolute Gasteiger partial charge is 0.493 e. The number of Topliss-reactive ketones (excluding diaryl/α,β-unsaturated/α-hetero) is 3. The molecule has 0 aromatic heterocycles. The number of aliphatic hydroxyl groups is 3. The quantitative estimate of drug-likeness (QED) is 0.0187. The third kappa shape index (κ3) is 21.2. The van der Waals surface area contributed by atoms with E-state index in [2.05, 4.69) is 34.9 Å². The molecular formula is C81H101N3O24. The Morgan fingerprint density at radius 1 is 0.722 bits per heavy atom. The number of hydrogen-bond donors (Lipinski definition) is 5. The average Bonchev–Trinajstić information content (AvgIpc) is 1.40. The predicted octanol–water partition coefficient (Wildman–Crippen LogP) is 7.78. The summed E-state index contributed by atoms with van der Waals surface area (Å²) in [4.78, 5) is 103. The van der Waals surface area contributed by atoms with Crippen molar-refractivity contribution >= 4 is 47.2 Å². The normalized spacial score (nSPS) is 22.0. The Morgan fingerprint density at radius 2 is 1.39 bits per heavy atom. The molecule has 5 N–H and O–H groups in total. The topological polar surface area (TPSA) is 345 Å². The fraction of sp³-hybridized carbons (Fsp3) is 0.531. The van der Waals surface area contributed by atoms with Crippen LogP contribution in [0.15, 0.2) is 103 Å². The predicted molar refractivity (Wildman–Crippen MR) is 389 cm³/mol. The van der Waals surface area contributed by atoms with Gasteiger partial charge < -0.3 is 92.4 Å². The van der Waals surface area contributed by atoms with Crippen molar-refractivity contribution in [2.75, 3.05) is 100 Å². The number of carbonyl (C=O) groups excluding carboxylic acids is 8. The third-order valence-electron chi connectivity index (χ3n) is 20.0. The molecule has 0 saturated carbocycles. The summed E-state index contributed by atoms with van der Waals surface area (Å²) in [6.45, 7) is 11.2. The summed E-state index contributed by atoms with van der Waals surface area (Å²) in [5.74, 6) is -3.43.